The Morgan fingerprint density at radius 3 is 2.70 bits per heavy atom. The summed E-state index contributed by atoms with van der Waals surface area (Å²) in [4.78, 5) is 17.4. The number of carbonyl (C=O) groups excluding carboxylic acids is 1. The van der Waals surface area contributed by atoms with Gasteiger partial charge in [-0.1, -0.05) is 32.8 Å². The van der Waals surface area contributed by atoms with Gasteiger partial charge in [0.2, 0.25) is 0 Å². The van der Waals surface area contributed by atoms with Crippen molar-refractivity contribution in [2.75, 3.05) is 0 Å². The summed E-state index contributed by atoms with van der Waals surface area (Å²) in [5.41, 5.74) is 1.06. The maximum Gasteiger partial charge on any atom is 0.335 e. The number of nitrogens with zero attached hydrogens (tertiary/aromatic N) is 1. The molecule has 4 heteroatoms. The number of unbranched alkanes of at least 4 members (excludes halogenated alkanes) is 2. The number of thiazole rings is 1. The second-order valence-electron chi connectivity index (χ2n) is 5.34. The van der Waals surface area contributed by atoms with Crippen molar-refractivity contribution >= 4 is 17.3 Å². The topological polar surface area (TPSA) is 39.2 Å². The molecule has 0 aliphatic carbocycles. The first-order chi connectivity index (χ1) is 11.2. The Morgan fingerprint density at radius 2 is 2.00 bits per heavy atom. The van der Waals surface area contributed by atoms with Crippen LogP contribution in [0.15, 0.2) is 42.6 Å². The summed E-state index contributed by atoms with van der Waals surface area (Å²) in [6.45, 7) is 4.19. The zero-order chi connectivity index (χ0) is 16.5. The standard InChI is InChI=1S/C19H23NO2S/c1-3-5-7-8-17-14-20-19(23-17)15-10-12-16(13-11-15)22-18(21)9-6-4-2/h6,9-14H,3-5,7-8H2,1-2H3/b9-6+. The fourth-order valence-corrected chi connectivity index (χ4v) is 3.10. The Kier molecular flexibility index (Phi) is 7.01. The second-order valence-corrected chi connectivity index (χ2v) is 6.46. The number of esters is 1. The van der Waals surface area contributed by atoms with E-state index in [9.17, 15) is 4.79 Å². The van der Waals surface area contributed by atoms with Gasteiger partial charge < -0.3 is 4.74 Å². The maximum atomic E-state index is 11.5. The summed E-state index contributed by atoms with van der Waals surface area (Å²) in [5, 5.41) is 1.01. The van der Waals surface area contributed by atoms with Gasteiger partial charge in [0, 0.05) is 22.7 Å². The highest BCUT2D eigenvalue weighted by Crippen LogP contribution is 2.27. The van der Waals surface area contributed by atoms with Crippen LogP contribution in [0.3, 0.4) is 0 Å². The van der Waals surface area contributed by atoms with Gasteiger partial charge in [0.05, 0.1) is 0 Å². The van der Waals surface area contributed by atoms with E-state index in [2.05, 4.69) is 11.9 Å². The molecule has 1 aromatic carbocycles. The predicted octanol–water partition coefficient (Wildman–Crippen LogP) is 5.41. The van der Waals surface area contributed by atoms with Gasteiger partial charge in [0.1, 0.15) is 10.8 Å². The minimum Gasteiger partial charge on any atom is -0.423 e. The molecule has 2 rings (SSSR count). The molecule has 0 bridgehead atoms. The fourth-order valence-electron chi connectivity index (χ4n) is 2.14. The molecule has 0 atom stereocenters. The summed E-state index contributed by atoms with van der Waals surface area (Å²) in [6, 6.07) is 7.51. The van der Waals surface area contributed by atoms with E-state index in [1.54, 1.807) is 17.4 Å². The van der Waals surface area contributed by atoms with Crippen LogP contribution in [0.25, 0.3) is 10.6 Å². The normalized spacial score (nSPS) is 11.0. The van der Waals surface area contributed by atoms with Crippen LogP contribution in [0, 0.1) is 0 Å². The van der Waals surface area contributed by atoms with E-state index in [4.69, 9.17) is 4.74 Å². The number of aromatic nitrogens is 1. The second kappa shape index (κ2) is 9.26. The van der Waals surface area contributed by atoms with Crippen LogP contribution in [0.5, 0.6) is 5.75 Å². The third-order valence-electron chi connectivity index (χ3n) is 3.39. The summed E-state index contributed by atoms with van der Waals surface area (Å²) >= 11 is 1.74. The highest BCUT2D eigenvalue weighted by Gasteiger charge is 2.06. The SMILES string of the molecule is CC/C=C/C(=O)Oc1ccc(-c2ncc(CCCCC)s2)cc1. The number of carbonyl (C=O) groups is 1. The number of allylic oxidation sites excluding steroid dienone is 1. The smallest absolute Gasteiger partial charge is 0.335 e. The van der Waals surface area contributed by atoms with Gasteiger partial charge in [0.25, 0.3) is 0 Å². The van der Waals surface area contributed by atoms with Crippen molar-refractivity contribution in [3.05, 3.63) is 47.5 Å². The van der Waals surface area contributed by atoms with E-state index < -0.39 is 0 Å². The first kappa shape index (κ1) is 17.4. The summed E-state index contributed by atoms with van der Waals surface area (Å²) in [5.74, 6) is 0.214. The van der Waals surface area contributed by atoms with Crippen LogP contribution in [0.4, 0.5) is 0 Å². The molecule has 0 spiro atoms. The lowest BCUT2D eigenvalue weighted by molar-refractivity contribution is -0.129. The van der Waals surface area contributed by atoms with E-state index in [-0.39, 0.29) is 5.97 Å². The molecule has 0 saturated carbocycles. The molecular weight excluding hydrogens is 306 g/mol. The molecule has 0 saturated heterocycles. The lowest BCUT2D eigenvalue weighted by atomic mass is 10.2. The number of hydrogen-bond acceptors (Lipinski definition) is 4. The molecule has 2 aromatic rings. The average Bonchev–Trinajstić information content (AvgIpc) is 3.03. The van der Waals surface area contributed by atoms with Crippen LogP contribution in [-0.2, 0) is 11.2 Å². The summed E-state index contributed by atoms with van der Waals surface area (Å²) in [7, 11) is 0. The van der Waals surface area contributed by atoms with Crippen molar-refractivity contribution in [2.24, 2.45) is 0 Å². The van der Waals surface area contributed by atoms with E-state index in [1.807, 2.05) is 37.4 Å². The van der Waals surface area contributed by atoms with Gasteiger partial charge >= 0.3 is 5.97 Å². The molecule has 0 unspecified atom stereocenters. The molecule has 122 valence electrons. The third-order valence-corrected chi connectivity index (χ3v) is 4.50. The Hall–Kier alpha value is -1.94. The Balaban J connectivity index is 1.96. The molecule has 23 heavy (non-hydrogen) atoms. The van der Waals surface area contributed by atoms with Gasteiger partial charge in [-0.3, -0.25) is 0 Å². The molecule has 0 radical (unpaired) electrons. The molecule has 1 aromatic heterocycles. The van der Waals surface area contributed by atoms with Gasteiger partial charge in [0.15, 0.2) is 0 Å². The fraction of sp³-hybridized carbons (Fsp3) is 0.368. The van der Waals surface area contributed by atoms with Crippen molar-refractivity contribution in [1.29, 1.82) is 0 Å². The molecule has 0 N–H and O–H groups in total. The minimum absolute atomic E-state index is 0.341. The molecule has 0 amide bonds. The third kappa shape index (κ3) is 5.64. The quantitative estimate of drug-likeness (QED) is 0.281. The van der Waals surface area contributed by atoms with Crippen molar-refractivity contribution < 1.29 is 9.53 Å². The monoisotopic (exact) mass is 329 g/mol. The Bertz CT molecular complexity index is 644. The van der Waals surface area contributed by atoms with Crippen molar-refractivity contribution in [3.8, 4) is 16.3 Å². The Morgan fingerprint density at radius 1 is 1.22 bits per heavy atom. The van der Waals surface area contributed by atoms with Gasteiger partial charge in [-0.15, -0.1) is 11.3 Å². The molecule has 1 heterocycles. The van der Waals surface area contributed by atoms with Crippen LogP contribution in [-0.4, -0.2) is 11.0 Å². The zero-order valence-corrected chi connectivity index (χ0v) is 14.6. The lowest BCUT2D eigenvalue weighted by Crippen LogP contribution is -2.03. The number of ether oxygens (including phenoxy) is 1. The Labute approximate surface area is 142 Å². The van der Waals surface area contributed by atoms with Crippen LogP contribution >= 0.6 is 11.3 Å². The van der Waals surface area contributed by atoms with E-state index >= 15 is 0 Å². The largest absolute Gasteiger partial charge is 0.423 e. The van der Waals surface area contributed by atoms with Crippen molar-refractivity contribution in [1.82, 2.24) is 4.98 Å². The maximum absolute atomic E-state index is 11.5. The molecule has 0 aliphatic rings. The molecule has 0 fully saturated rings. The highest BCUT2D eigenvalue weighted by molar-refractivity contribution is 7.15. The van der Waals surface area contributed by atoms with Crippen molar-refractivity contribution in [2.45, 2.75) is 46.0 Å². The van der Waals surface area contributed by atoms with E-state index in [0.717, 1.165) is 23.4 Å². The highest BCUT2D eigenvalue weighted by atomic mass is 32.1. The first-order valence-corrected chi connectivity index (χ1v) is 8.98. The van der Waals surface area contributed by atoms with E-state index in [1.165, 1.54) is 30.2 Å². The predicted molar refractivity (Wildman–Crippen MR) is 95.8 cm³/mol. The summed E-state index contributed by atoms with van der Waals surface area (Å²) < 4.78 is 5.24. The summed E-state index contributed by atoms with van der Waals surface area (Å²) in [6.07, 6.45) is 10.9. The van der Waals surface area contributed by atoms with Crippen LogP contribution in [0.1, 0.15) is 44.4 Å². The average molecular weight is 329 g/mol. The molecule has 0 aliphatic heterocycles. The lowest BCUT2D eigenvalue weighted by Gasteiger charge is -2.02. The van der Waals surface area contributed by atoms with Crippen LogP contribution in [0.2, 0.25) is 0 Å². The van der Waals surface area contributed by atoms with Gasteiger partial charge in [-0.2, -0.15) is 0 Å². The molecular formula is C19H23NO2S. The van der Waals surface area contributed by atoms with Crippen LogP contribution < -0.4 is 4.74 Å². The van der Waals surface area contributed by atoms with E-state index in [0.29, 0.717) is 5.75 Å². The minimum atomic E-state index is -0.341. The van der Waals surface area contributed by atoms with Crippen molar-refractivity contribution in [3.63, 3.8) is 0 Å². The number of hydrogen-bond donors (Lipinski definition) is 0. The number of benzene rings is 1. The van der Waals surface area contributed by atoms with Gasteiger partial charge in [-0.05, 0) is 43.5 Å². The van der Waals surface area contributed by atoms with Gasteiger partial charge in [-0.25, -0.2) is 9.78 Å². The zero-order valence-electron chi connectivity index (χ0n) is 13.7. The number of rotatable bonds is 8. The first-order valence-electron chi connectivity index (χ1n) is 8.16. The molecule has 3 nitrogen and oxygen atoms in total. The number of aryl methyl sites for hydroxylation is 1.